The van der Waals surface area contributed by atoms with E-state index in [0.29, 0.717) is 5.56 Å². The lowest BCUT2D eigenvalue weighted by atomic mass is 9.94. The number of nitrogens with zero attached hydrogens (tertiary/aromatic N) is 4. The van der Waals surface area contributed by atoms with Crippen LogP contribution in [-0.4, -0.2) is 161 Å². The second-order valence-corrected chi connectivity index (χ2v) is 14.3. The molecule has 9 atom stereocenters. The minimum Gasteiger partial charge on any atom is -0.481 e. The van der Waals surface area contributed by atoms with Crippen LogP contribution in [0.1, 0.15) is 44.1 Å². The molecule has 26 heteroatoms. The number of aliphatic hydroxyl groups excluding tert-OH is 3. The fraction of sp³-hybridized carbons (Fsp3) is 0.583. The number of rotatable bonds is 18. The van der Waals surface area contributed by atoms with E-state index >= 15 is 0 Å². The van der Waals surface area contributed by atoms with Crippen molar-refractivity contribution < 1.29 is 63.5 Å². The van der Waals surface area contributed by atoms with Gasteiger partial charge in [-0.3, -0.25) is 43.3 Å². The van der Waals surface area contributed by atoms with Crippen molar-refractivity contribution in [2.75, 3.05) is 32.7 Å². The van der Waals surface area contributed by atoms with Crippen molar-refractivity contribution in [1.29, 1.82) is 0 Å². The zero-order valence-corrected chi connectivity index (χ0v) is 33.5. The number of guanidine groups is 1. The van der Waals surface area contributed by atoms with Gasteiger partial charge in [-0.15, -0.1) is 0 Å². The molecule has 15 N–H and O–H groups in total. The van der Waals surface area contributed by atoms with Crippen LogP contribution >= 0.6 is 0 Å². The zero-order valence-electron chi connectivity index (χ0n) is 33.5. The number of aliphatic hydroxyl groups is 3. The standard InChI is InChI=1S/C36H53N13O13/c37-36(38)41-12-6-10-19-31(57)43-16-25(51)45-22(14-26(52)53)34(60)48-21(13-18-7-2-1-3-8-18)33(59)47-20(32(58)46-19)9-4-5-11-40-35(61)30-29(56)28(55)27(54)23(62-30)15-42-24(50)17-44-49-39/h1-3,7-8,19-23,27-30,54-56H,4-6,9-17H2,(H,40,61)(H,42,50)(H,43,57)(H,45,51)(H,46,58)(H,47,59)(H,48,60)(H,52,53)(H4,37,38,41)/t19-,20-,21+,22-,23+,27-,28-,29-,30?/m0/s1. The van der Waals surface area contributed by atoms with Crippen LogP contribution in [-0.2, 0) is 49.5 Å². The quantitative estimate of drug-likeness (QED) is 0.0163. The zero-order chi connectivity index (χ0) is 45.8. The van der Waals surface area contributed by atoms with Gasteiger partial charge in [0.1, 0.15) is 55.1 Å². The second kappa shape index (κ2) is 25.2. The highest BCUT2D eigenvalue weighted by molar-refractivity contribution is 5.98. The molecule has 0 saturated carbocycles. The molecule has 2 saturated heterocycles. The smallest absolute Gasteiger partial charge is 0.305 e. The van der Waals surface area contributed by atoms with Crippen molar-refractivity contribution in [3.8, 4) is 0 Å². The summed E-state index contributed by atoms with van der Waals surface area (Å²) < 4.78 is 5.50. The maximum absolute atomic E-state index is 14.0. The van der Waals surface area contributed by atoms with Gasteiger partial charge in [-0.1, -0.05) is 35.4 Å². The third kappa shape index (κ3) is 16.5. The molecule has 0 aliphatic carbocycles. The van der Waals surface area contributed by atoms with E-state index < -0.39 is 128 Å². The van der Waals surface area contributed by atoms with Crippen LogP contribution in [0.2, 0.25) is 0 Å². The maximum Gasteiger partial charge on any atom is 0.305 e. The van der Waals surface area contributed by atoms with E-state index in [-0.39, 0.29) is 57.6 Å². The number of benzene rings is 1. The Morgan fingerprint density at radius 2 is 1.44 bits per heavy atom. The van der Waals surface area contributed by atoms with Crippen LogP contribution in [0, 0.1) is 0 Å². The van der Waals surface area contributed by atoms with Crippen molar-refractivity contribution in [2.45, 2.75) is 99.6 Å². The van der Waals surface area contributed by atoms with E-state index in [0.717, 1.165) is 0 Å². The fourth-order valence-electron chi connectivity index (χ4n) is 6.32. The van der Waals surface area contributed by atoms with Crippen molar-refractivity contribution in [2.24, 2.45) is 21.6 Å². The van der Waals surface area contributed by atoms with Crippen molar-refractivity contribution in [3.05, 3.63) is 46.3 Å². The number of ether oxygens (including phenoxy) is 1. The van der Waals surface area contributed by atoms with Crippen molar-refractivity contribution in [3.63, 3.8) is 0 Å². The molecule has 2 aliphatic rings. The summed E-state index contributed by atoms with van der Waals surface area (Å²) in [6, 6.07) is 2.71. The normalized spacial score (nSPS) is 26.0. The van der Waals surface area contributed by atoms with Crippen molar-refractivity contribution in [1.82, 2.24) is 37.2 Å². The van der Waals surface area contributed by atoms with E-state index in [4.69, 9.17) is 21.7 Å². The van der Waals surface area contributed by atoms with Gasteiger partial charge in [-0.25, -0.2) is 0 Å². The molecule has 1 aromatic carbocycles. The van der Waals surface area contributed by atoms with Crippen LogP contribution in [0.4, 0.5) is 0 Å². The first-order chi connectivity index (χ1) is 29.5. The Morgan fingerprint density at radius 3 is 2.10 bits per heavy atom. The monoisotopic (exact) mass is 875 g/mol. The number of carboxylic acids is 1. The van der Waals surface area contributed by atoms with E-state index in [1.54, 1.807) is 30.3 Å². The Hall–Kier alpha value is -6.60. The number of hydrogen-bond acceptors (Lipinski definition) is 14. The predicted molar refractivity (Wildman–Crippen MR) is 214 cm³/mol. The van der Waals surface area contributed by atoms with Gasteiger partial charge in [0, 0.05) is 31.0 Å². The number of carbonyl (C=O) groups excluding carboxylic acids is 7. The minimum absolute atomic E-state index is 0.0369. The highest BCUT2D eigenvalue weighted by Crippen LogP contribution is 2.21. The SMILES string of the molecule is [N-]=[N+]=NCC(=O)NC[C@H]1OC(C(=O)NCCCC[C@@H]2NC(=O)[C@@H](Cc3ccccc3)NC(=O)[C@H](CC(=O)O)NC(=O)CNC(=O)[C@H](CCCN=C(N)N)NC2=O)[C@@H](O)[C@@H](O)[C@H]1O. The number of amides is 7. The molecular weight excluding hydrogens is 822 g/mol. The first-order valence-electron chi connectivity index (χ1n) is 19.5. The lowest BCUT2D eigenvalue weighted by Crippen LogP contribution is -2.63. The molecular formula is C36H53N13O13. The van der Waals surface area contributed by atoms with Gasteiger partial charge in [0.2, 0.25) is 35.4 Å². The number of nitrogens with one attached hydrogen (secondary N) is 7. The fourth-order valence-corrected chi connectivity index (χ4v) is 6.32. The maximum atomic E-state index is 14.0. The third-order valence-electron chi connectivity index (χ3n) is 9.55. The number of aliphatic imine (C=N–C) groups is 1. The van der Waals surface area contributed by atoms with Crippen LogP contribution in [0.5, 0.6) is 0 Å². The number of aliphatic carboxylic acids is 1. The Kier molecular flexibility index (Phi) is 20.3. The molecule has 7 amide bonds. The molecule has 0 spiro atoms. The minimum atomic E-state index is -1.87. The summed E-state index contributed by atoms with van der Waals surface area (Å²) in [7, 11) is 0. The predicted octanol–water partition coefficient (Wildman–Crippen LogP) is -5.61. The van der Waals surface area contributed by atoms with Gasteiger partial charge in [-0.2, -0.15) is 0 Å². The molecule has 1 aromatic rings. The number of carboxylic acid groups (broad SMARTS) is 1. The topological polar surface area (TPSA) is 424 Å². The third-order valence-corrected chi connectivity index (χ3v) is 9.55. The van der Waals surface area contributed by atoms with Crippen LogP contribution < -0.4 is 48.7 Å². The average molecular weight is 876 g/mol. The molecule has 2 fully saturated rings. The summed E-state index contributed by atoms with van der Waals surface area (Å²) in [5, 5.41) is 60.9. The van der Waals surface area contributed by atoms with E-state index in [2.05, 4.69) is 52.2 Å². The molecule has 340 valence electrons. The summed E-state index contributed by atoms with van der Waals surface area (Å²) in [5.74, 6) is -7.77. The van der Waals surface area contributed by atoms with Gasteiger partial charge in [0.05, 0.1) is 13.0 Å². The average Bonchev–Trinajstić information content (AvgIpc) is 3.23. The molecule has 3 rings (SSSR count). The van der Waals surface area contributed by atoms with E-state index in [1.165, 1.54) is 0 Å². The first kappa shape index (κ1) is 49.8. The summed E-state index contributed by atoms with van der Waals surface area (Å²) in [4.78, 5) is 110. The number of azide groups is 1. The van der Waals surface area contributed by atoms with E-state index in [1.807, 2.05) is 0 Å². The molecule has 0 radical (unpaired) electrons. The molecule has 2 heterocycles. The van der Waals surface area contributed by atoms with Gasteiger partial charge >= 0.3 is 5.97 Å². The molecule has 0 aromatic heterocycles. The van der Waals surface area contributed by atoms with Crippen molar-refractivity contribution >= 4 is 53.3 Å². The number of carbonyl (C=O) groups is 8. The first-order valence-corrected chi connectivity index (χ1v) is 19.5. The highest BCUT2D eigenvalue weighted by atomic mass is 16.5. The Bertz CT molecular complexity index is 1830. The van der Waals surface area contributed by atoms with Crippen LogP contribution in [0.15, 0.2) is 40.4 Å². The molecule has 1 unspecified atom stereocenters. The second-order valence-electron chi connectivity index (χ2n) is 14.3. The van der Waals surface area contributed by atoms with Crippen LogP contribution in [0.3, 0.4) is 0 Å². The lowest BCUT2D eigenvalue weighted by Gasteiger charge is -2.39. The Balaban J connectivity index is 1.81. The molecule has 62 heavy (non-hydrogen) atoms. The Labute approximate surface area is 354 Å². The highest BCUT2D eigenvalue weighted by Gasteiger charge is 2.46. The Morgan fingerprint density at radius 1 is 0.806 bits per heavy atom. The number of unbranched alkanes of at least 4 members (excludes halogenated alkanes) is 1. The van der Waals surface area contributed by atoms with E-state index in [9.17, 15) is 58.8 Å². The lowest BCUT2D eigenvalue weighted by molar-refractivity contribution is -0.219. The molecule has 0 bridgehead atoms. The van der Waals surface area contributed by atoms with Gasteiger partial charge in [0.25, 0.3) is 5.91 Å². The number of hydrogen-bond donors (Lipinski definition) is 13. The summed E-state index contributed by atoms with van der Waals surface area (Å²) in [5.41, 5.74) is 19.8. The van der Waals surface area contributed by atoms with Gasteiger partial charge in [0.15, 0.2) is 12.1 Å². The number of nitrogens with two attached hydrogens (primary N) is 2. The molecule has 26 nitrogen and oxygen atoms in total. The summed E-state index contributed by atoms with van der Waals surface area (Å²) in [6.45, 7) is -1.69. The summed E-state index contributed by atoms with van der Waals surface area (Å²) >= 11 is 0. The van der Waals surface area contributed by atoms with Crippen LogP contribution in [0.25, 0.3) is 10.4 Å². The van der Waals surface area contributed by atoms with Gasteiger partial charge in [-0.05, 0) is 43.2 Å². The summed E-state index contributed by atoms with van der Waals surface area (Å²) in [6.07, 6.45) is -9.10. The van der Waals surface area contributed by atoms with Gasteiger partial charge < -0.3 is 73.8 Å². The molecule has 2 aliphatic heterocycles. The largest absolute Gasteiger partial charge is 0.481 e.